The van der Waals surface area contributed by atoms with Gasteiger partial charge in [-0.1, -0.05) is 5.16 Å². The maximum atomic E-state index is 12.2. The van der Waals surface area contributed by atoms with Crippen LogP contribution in [0.3, 0.4) is 0 Å². The average Bonchev–Trinajstić information content (AvgIpc) is 3.26. The molecule has 1 aromatic heterocycles. The molecule has 2 aliphatic rings. The molecule has 0 spiro atoms. The normalized spacial score (nSPS) is 25.1. The molecular formula is C16H26N4O2. The zero-order valence-corrected chi connectivity index (χ0v) is 13.0. The van der Waals surface area contributed by atoms with Gasteiger partial charge in [-0.3, -0.25) is 4.79 Å². The molecule has 1 heterocycles. The molecule has 2 saturated carbocycles. The van der Waals surface area contributed by atoms with E-state index in [0.717, 1.165) is 63.8 Å². The molecule has 2 aliphatic carbocycles. The molecule has 0 saturated heterocycles. The Labute approximate surface area is 131 Å². The minimum absolute atomic E-state index is 0.102. The summed E-state index contributed by atoms with van der Waals surface area (Å²) >= 11 is 0. The van der Waals surface area contributed by atoms with Crippen molar-refractivity contribution in [2.24, 2.45) is 5.73 Å². The Bertz CT molecular complexity index is 490. The summed E-state index contributed by atoms with van der Waals surface area (Å²) in [5.41, 5.74) is 5.92. The van der Waals surface area contributed by atoms with E-state index in [1.165, 1.54) is 0 Å². The lowest BCUT2D eigenvalue weighted by Crippen LogP contribution is -2.42. The van der Waals surface area contributed by atoms with Crippen molar-refractivity contribution in [1.29, 1.82) is 0 Å². The van der Waals surface area contributed by atoms with Crippen LogP contribution in [-0.4, -0.2) is 36.2 Å². The molecule has 122 valence electrons. The van der Waals surface area contributed by atoms with Crippen LogP contribution >= 0.6 is 0 Å². The zero-order chi connectivity index (χ0) is 15.4. The number of nitrogens with one attached hydrogen (secondary N) is 2. The van der Waals surface area contributed by atoms with Gasteiger partial charge in [0.05, 0.1) is 0 Å². The summed E-state index contributed by atoms with van der Waals surface area (Å²) in [5, 5.41) is 10.5. The number of hydrogen-bond donors (Lipinski definition) is 3. The van der Waals surface area contributed by atoms with Gasteiger partial charge < -0.3 is 20.9 Å². The Morgan fingerprint density at radius 2 is 1.95 bits per heavy atom. The van der Waals surface area contributed by atoms with E-state index in [9.17, 15) is 4.79 Å². The summed E-state index contributed by atoms with van der Waals surface area (Å²) in [6.07, 6.45) is 7.54. The predicted molar refractivity (Wildman–Crippen MR) is 83.7 cm³/mol. The van der Waals surface area contributed by atoms with Gasteiger partial charge in [0.1, 0.15) is 5.76 Å². The van der Waals surface area contributed by atoms with Crippen LogP contribution in [0.2, 0.25) is 0 Å². The van der Waals surface area contributed by atoms with Gasteiger partial charge in [0.25, 0.3) is 5.91 Å². The van der Waals surface area contributed by atoms with Crippen LogP contribution in [0, 0.1) is 0 Å². The summed E-state index contributed by atoms with van der Waals surface area (Å²) < 4.78 is 5.24. The summed E-state index contributed by atoms with van der Waals surface area (Å²) in [5.74, 6) is 1.25. The Kier molecular flexibility index (Phi) is 5.10. The fourth-order valence-corrected chi connectivity index (χ4v) is 3.07. The standard InChI is InChI=1S/C16H26N4O2/c17-8-1-9-18-12-4-6-13(7-5-12)19-16(21)14-10-15(22-20-14)11-2-3-11/h10-13,18H,1-9,17H2,(H,19,21)/t12-,13-. The Balaban J connectivity index is 1.40. The van der Waals surface area contributed by atoms with Gasteiger partial charge in [-0.15, -0.1) is 0 Å². The third-order valence-electron chi connectivity index (χ3n) is 4.62. The second kappa shape index (κ2) is 7.24. The second-order valence-corrected chi connectivity index (χ2v) is 6.51. The van der Waals surface area contributed by atoms with Gasteiger partial charge in [-0.25, -0.2) is 0 Å². The van der Waals surface area contributed by atoms with Crippen LogP contribution in [0.15, 0.2) is 10.6 Å². The van der Waals surface area contributed by atoms with E-state index >= 15 is 0 Å². The highest BCUT2D eigenvalue weighted by atomic mass is 16.5. The molecule has 22 heavy (non-hydrogen) atoms. The lowest BCUT2D eigenvalue weighted by atomic mass is 9.91. The molecule has 0 aliphatic heterocycles. The van der Waals surface area contributed by atoms with Crippen LogP contribution in [0.1, 0.15) is 67.1 Å². The quantitative estimate of drug-likeness (QED) is 0.664. The predicted octanol–water partition coefficient (Wildman–Crippen LogP) is 1.53. The number of nitrogens with zero attached hydrogens (tertiary/aromatic N) is 1. The first kappa shape index (κ1) is 15.5. The summed E-state index contributed by atoms with van der Waals surface area (Å²) in [6.45, 7) is 1.72. The van der Waals surface area contributed by atoms with Crippen LogP contribution in [-0.2, 0) is 0 Å². The van der Waals surface area contributed by atoms with E-state index < -0.39 is 0 Å². The van der Waals surface area contributed by atoms with Crippen molar-refractivity contribution in [3.63, 3.8) is 0 Å². The summed E-state index contributed by atoms with van der Waals surface area (Å²) in [6, 6.07) is 2.61. The van der Waals surface area contributed by atoms with E-state index in [1.54, 1.807) is 6.07 Å². The Morgan fingerprint density at radius 1 is 1.23 bits per heavy atom. The smallest absolute Gasteiger partial charge is 0.273 e. The first-order valence-corrected chi connectivity index (χ1v) is 8.47. The van der Waals surface area contributed by atoms with Gasteiger partial charge in [-0.05, 0) is 58.0 Å². The third-order valence-corrected chi connectivity index (χ3v) is 4.62. The van der Waals surface area contributed by atoms with Gasteiger partial charge in [0, 0.05) is 24.1 Å². The molecule has 2 fully saturated rings. The van der Waals surface area contributed by atoms with E-state index in [0.29, 0.717) is 17.7 Å². The number of amides is 1. The fourth-order valence-electron chi connectivity index (χ4n) is 3.07. The minimum atomic E-state index is -0.102. The van der Waals surface area contributed by atoms with Crippen molar-refractivity contribution < 1.29 is 9.32 Å². The average molecular weight is 306 g/mol. The van der Waals surface area contributed by atoms with Crippen molar-refractivity contribution in [1.82, 2.24) is 15.8 Å². The molecular weight excluding hydrogens is 280 g/mol. The van der Waals surface area contributed by atoms with Crippen LogP contribution in [0.5, 0.6) is 0 Å². The van der Waals surface area contributed by atoms with E-state index in [-0.39, 0.29) is 11.9 Å². The van der Waals surface area contributed by atoms with Gasteiger partial charge in [-0.2, -0.15) is 0 Å². The maximum absolute atomic E-state index is 12.2. The molecule has 0 radical (unpaired) electrons. The molecule has 0 bridgehead atoms. The monoisotopic (exact) mass is 306 g/mol. The van der Waals surface area contributed by atoms with Crippen LogP contribution < -0.4 is 16.4 Å². The highest BCUT2D eigenvalue weighted by Gasteiger charge is 2.29. The summed E-state index contributed by atoms with van der Waals surface area (Å²) in [4.78, 5) is 12.2. The topological polar surface area (TPSA) is 93.2 Å². The van der Waals surface area contributed by atoms with E-state index in [1.807, 2.05) is 0 Å². The zero-order valence-electron chi connectivity index (χ0n) is 13.0. The fraction of sp³-hybridized carbons (Fsp3) is 0.750. The van der Waals surface area contributed by atoms with Crippen LogP contribution in [0.4, 0.5) is 0 Å². The van der Waals surface area contributed by atoms with Gasteiger partial charge in [0.2, 0.25) is 0 Å². The Hall–Kier alpha value is -1.40. The highest BCUT2D eigenvalue weighted by molar-refractivity contribution is 5.92. The van der Waals surface area contributed by atoms with Gasteiger partial charge in [0.15, 0.2) is 5.69 Å². The number of carbonyl (C=O) groups excluding carboxylic acids is 1. The lowest BCUT2D eigenvalue weighted by Gasteiger charge is -2.29. The number of rotatable bonds is 7. The number of carbonyl (C=O) groups is 1. The first-order chi connectivity index (χ1) is 10.8. The van der Waals surface area contributed by atoms with E-state index in [2.05, 4.69) is 15.8 Å². The first-order valence-electron chi connectivity index (χ1n) is 8.47. The van der Waals surface area contributed by atoms with Crippen molar-refractivity contribution >= 4 is 5.91 Å². The molecule has 3 rings (SSSR count). The molecule has 4 N–H and O–H groups in total. The van der Waals surface area contributed by atoms with Crippen LogP contribution in [0.25, 0.3) is 0 Å². The minimum Gasteiger partial charge on any atom is -0.360 e. The molecule has 6 nitrogen and oxygen atoms in total. The summed E-state index contributed by atoms with van der Waals surface area (Å²) in [7, 11) is 0. The largest absolute Gasteiger partial charge is 0.360 e. The Morgan fingerprint density at radius 3 is 2.64 bits per heavy atom. The lowest BCUT2D eigenvalue weighted by molar-refractivity contribution is 0.0915. The number of hydrogen-bond acceptors (Lipinski definition) is 5. The molecule has 1 amide bonds. The molecule has 0 atom stereocenters. The second-order valence-electron chi connectivity index (χ2n) is 6.51. The molecule has 6 heteroatoms. The molecule has 0 unspecified atom stereocenters. The van der Waals surface area contributed by atoms with Crippen molar-refractivity contribution in [3.05, 3.63) is 17.5 Å². The van der Waals surface area contributed by atoms with Crippen molar-refractivity contribution in [2.45, 2.75) is 62.9 Å². The van der Waals surface area contributed by atoms with Gasteiger partial charge >= 0.3 is 0 Å². The molecule has 0 aromatic carbocycles. The third kappa shape index (κ3) is 4.08. The maximum Gasteiger partial charge on any atom is 0.273 e. The van der Waals surface area contributed by atoms with Crippen molar-refractivity contribution in [2.75, 3.05) is 13.1 Å². The highest BCUT2D eigenvalue weighted by Crippen LogP contribution is 2.40. The number of nitrogens with two attached hydrogens (primary N) is 1. The van der Waals surface area contributed by atoms with Crippen molar-refractivity contribution in [3.8, 4) is 0 Å². The number of aromatic nitrogens is 1. The van der Waals surface area contributed by atoms with E-state index in [4.69, 9.17) is 10.3 Å². The molecule has 1 aromatic rings. The SMILES string of the molecule is NCCCN[C@H]1CC[C@H](NC(=O)c2cc(C3CC3)on2)CC1.